The van der Waals surface area contributed by atoms with E-state index < -0.39 is 0 Å². The van der Waals surface area contributed by atoms with E-state index in [2.05, 4.69) is 21.3 Å². The number of anilines is 3. The quantitative estimate of drug-likeness (QED) is 0.358. The molecule has 0 spiro atoms. The van der Waals surface area contributed by atoms with Gasteiger partial charge in [0.25, 0.3) is 5.91 Å². The van der Waals surface area contributed by atoms with Crippen molar-refractivity contribution in [1.82, 2.24) is 5.32 Å². The molecule has 35 heavy (non-hydrogen) atoms. The summed E-state index contributed by atoms with van der Waals surface area (Å²) in [6.45, 7) is 3.84. The molecule has 3 aromatic carbocycles. The largest absolute Gasteiger partial charge is 0.376 e. The molecule has 3 amide bonds. The first-order valence-electron chi connectivity index (χ1n) is 11.8. The number of benzene rings is 3. The summed E-state index contributed by atoms with van der Waals surface area (Å²) in [7, 11) is 0. The summed E-state index contributed by atoms with van der Waals surface area (Å²) >= 11 is 0. The molecule has 0 saturated heterocycles. The van der Waals surface area contributed by atoms with Gasteiger partial charge in [-0.2, -0.15) is 0 Å². The van der Waals surface area contributed by atoms with Gasteiger partial charge in [0.15, 0.2) is 0 Å². The molecule has 0 bridgehead atoms. The third kappa shape index (κ3) is 6.47. The lowest BCUT2D eigenvalue weighted by molar-refractivity contribution is -0.117. The molecule has 0 heterocycles. The molecule has 7 heteroatoms. The van der Waals surface area contributed by atoms with E-state index in [1.807, 2.05) is 56.3 Å². The molecular formula is C28H30N4O3. The fourth-order valence-corrected chi connectivity index (χ4v) is 3.74. The van der Waals surface area contributed by atoms with Crippen molar-refractivity contribution in [3.63, 3.8) is 0 Å². The number of nitrogens with one attached hydrogen (secondary N) is 4. The summed E-state index contributed by atoms with van der Waals surface area (Å²) in [6.07, 6.45) is 1.86. The van der Waals surface area contributed by atoms with Crippen molar-refractivity contribution in [1.29, 1.82) is 0 Å². The van der Waals surface area contributed by atoms with Gasteiger partial charge in [0.1, 0.15) is 0 Å². The number of hydrogen-bond acceptors (Lipinski definition) is 4. The van der Waals surface area contributed by atoms with Crippen LogP contribution < -0.4 is 21.3 Å². The fraction of sp³-hybridized carbons (Fsp3) is 0.250. The van der Waals surface area contributed by atoms with E-state index in [0.717, 1.165) is 24.0 Å². The monoisotopic (exact) mass is 470 g/mol. The highest BCUT2D eigenvalue weighted by atomic mass is 16.2. The maximum atomic E-state index is 12.7. The van der Waals surface area contributed by atoms with Crippen molar-refractivity contribution in [2.75, 3.05) is 22.5 Å². The van der Waals surface area contributed by atoms with Crippen molar-refractivity contribution >= 4 is 34.8 Å². The van der Waals surface area contributed by atoms with Crippen LogP contribution in [-0.2, 0) is 9.59 Å². The molecule has 1 saturated carbocycles. The Bertz CT molecular complexity index is 1220. The minimum absolute atomic E-state index is 0.0281. The van der Waals surface area contributed by atoms with E-state index in [0.29, 0.717) is 22.6 Å². The highest BCUT2D eigenvalue weighted by Gasteiger charge is 2.29. The average Bonchev–Trinajstić information content (AvgIpc) is 3.72. The van der Waals surface area contributed by atoms with Gasteiger partial charge in [0, 0.05) is 28.5 Å². The van der Waals surface area contributed by atoms with Crippen LogP contribution in [0.4, 0.5) is 17.1 Å². The van der Waals surface area contributed by atoms with Crippen molar-refractivity contribution in [2.45, 2.75) is 32.7 Å². The summed E-state index contributed by atoms with van der Waals surface area (Å²) in [5.41, 5.74) is 4.36. The number of hydrogen-bond donors (Lipinski definition) is 4. The van der Waals surface area contributed by atoms with Crippen LogP contribution in [0.2, 0.25) is 0 Å². The first kappa shape index (κ1) is 24.0. The zero-order valence-electron chi connectivity index (χ0n) is 19.9. The Morgan fingerprint density at radius 3 is 2.29 bits per heavy atom. The van der Waals surface area contributed by atoms with Gasteiger partial charge in [0.05, 0.1) is 12.6 Å². The molecule has 0 radical (unpaired) electrons. The predicted molar refractivity (Wildman–Crippen MR) is 138 cm³/mol. The van der Waals surface area contributed by atoms with Crippen LogP contribution >= 0.6 is 0 Å². The Labute approximate surface area is 205 Å². The first-order chi connectivity index (χ1) is 16.9. The SMILES string of the molecule is Cc1c(NC(=O)CNc2cccc(C(=O)NC(C)c3ccccc3)c2)cccc1NC(=O)C1CC1. The van der Waals surface area contributed by atoms with Gasteiger partial charge in [-0.3, -0.25) is 14.4 Å². The van der Waals surface area contributed by atoms with Gasteiger partial charge < -0.3 is 21.3 Å². The maximum absolute atomic E-state index is 12.7. The zero-order chi connectivity index (χ0) is 24.8. The van der Waals surface area contributed by atoms with Gasteiger partial charge >= 0.3 is 0 Å². The van der Waals surface area contributed by atoms with Crippen LogP contribution in [-0.4, -0.2) is 24.3 Å². The predicted octanol–water partition coefficient (Wildman–Crippen LogP) is 4.89. The van der Waals surface area contributed by atoms with Gasteiger partial charge in [-0.1, -0.05) is 42.5 Å². The molecule has 4 N–H and O–H groups in total. The van der Waals surface area contributed by atoms with Gasteiger partial charge in [0.2, 0.25) is 11.8 Å². The van der Waals surface area contributed by atoms with E-state index in [9.17, 15) is 14.4 Å². The molecule has 7 nitrogen and oxygen atoms in total. The summed E-state index contributed by atoms with van der Waals surface area (Å²) in [4.78, 5) is 37.4. The molecule has 0 aromatic heterocycles. The fourth-order valence-electron chi connectivity index (χ4n) is 3.74. The standard InChI is InChI=1S/C28H30N4O3/c1-18-24(12-7-13-25(18)32-27(34)21-14-15-21)31-26(33)17-29-23-11-6-10-22(16-23)28(35)30-19(2)20-8-4-3-5-9-20/h3-13,16,19,21,29H,14-15,17H2,1-2H3,(H,30,35)(H,31,33)(H,32,34). The molecule has 1 atom stereocenters. The minimum Gasteiger partial charge on any atom is -0.376 e. The third-order valence-corrected chi connectivity index (χ3v) is 6.04. The second-order valence-electron chi connectivity index (χ2n) is 8.83. The van der Waals surface area contributed by atoms with Crippen molar-refractivity contribution < 1.29 is 14.4 Å². The Morgan fingerprint density at radius 2 is 1.57 bits per heavy atom. The Hall–Kier alpha value is -4.13. The molecular weight excluding hydrogens is 440 g/mol. The average molecular weight is 471 g/mol. The molecule has 1 fully saturated rings. The normalized spacial score (nSPS) is 13.4. The lowest BCUT2D eigenvalue weighted by Crippen LogP contribution is -2.27. The Balaban J connectivity index is 1.32. The molecule has 3 aromatic rings. The first-order valence-corrected chi connectivity index (χ1v) is 11.8. The summed E-state index contributed by atoms with van der Waals surface area (Å²) in [5, 5.41) is 11.9. The van der Waals surface area contributed by atoms with Crippen LogP contribution in [0.15, 0.2) is 72.8 Å². The molecule has 1 unspecified atom stereocenters. The van der Waals surface area contributed by atoms with Crippen LogP contribution in [0.25, 0.3) is 0 Å². The molecule has 1 aliphatic carbocycles. The van der Waals surface area contributed by atoms with E-state index in [-0.39, 0.29) is 36.2 Å². The minimum atomic E-state index is -0.230. The van der Waals surface area contributed by atoms with E-state index in [1.54, 1.807) is 30.3 Å². The summed E-state index contributed by atoms with van der Waals surface area (Å²) in [6, 6.07) is 22.1. The van der Waals surface area contributed by atoms with Gasteiger partial charge in [-0.15, -0.1) is 0 Å². The van der Waals surface area contributed by atoms with E-state index in [4.69, 9.17) is 0 Å². The van der Waals surface area contributed by atoms with Crippen molar-refractivity contribution in [2.24, 2.45) is 5.92 Å². The lowest BCUT2D eigenvalue weighted by atomic mass is 10.1. The van der Waals surface area contributed by atoms with Crippen LogP contribution in [0.1, 0.15) is 47.3 Å². The number of carbonyl (C=O) groups excluding carboxylic acids is 3. The maximum Gasteiger partial charge on any atom is 0.251 e. The van der Waals surface area contributed by atoms with Crippen molar-refractivity contribution in [3.05, 3.63) is 89.5 Å². The Morgan fingerprint density at radius 1 is 0.886 bits per heavy atom. The van der Waals surface area contributed by atoms with Gasteiger partial charge in [-0.05, 0) is 68.1 Å². The van der Waals surface area contributed by atoms with Gasteiger partial charge in [-0.25, -0.2) is 0 Å². The zero-order valence-corrected chi connectivity index (χ0v) is 19.9. The number of rotatable bonds is 9. The highest BCUT2D eigenvalue weighted by Crippen LogP contribution is 2.31. The second kappa shape index (κ2) is 10.9. The molecule has 0 aliphatic heterocycles. The number of amides is 3. The third-order valence-electron chi connectivity index (χ3n) is 6.04. The van der Waals surface area contributed by atoms with E-state index in [1.165, 1.54) is 0 Å². The molecule has 1 aliphatic rings. The molecule has 4 rings (SSSR count). The number of carbonyl (C=O) groups is 3. The Kier molecular flexibility index (Phi) is 7.45. The van der Waals surface area contributed by atoms with Crippen molar-refractivity contribution in [3.8, 4) is 0 Å². The van der Waals surface area contributed by atoms with Crippen LogP contribution in [0.3, 0.4) is 0 Å². The molecule has 180 valence electrons. The topological polar surface area (TPSA) is 99.3 Å². The highest BCUT2D eigenvalue weighted by molar-refractivity contribution is 5.99. The lowest BCUT2D eigenvalue weighted by Gasteiger charge is -2.15. The van der Waals surface area contributed by atoms with Crippen LogP contribution in [0, 0.1) is 12.8 Å². The van der Waals surface area contributed by atoms with E-state index >= 15 is 0 Å². The smallest absolute Gasteiger partial charge is 0.251 e. The summed E-state index contributed by atoms with van der Waals surface area (Å²) in [5.74, 6) is -0.280. The second-order valence-corrected chi connectivity index (χ2v) is 8.83. The van der Waals surface area contributed by atoms with Crippen LogP contribution in [0.5, 0.6) is 0 Å². The summed E-state index contributed by atoms with van der Waals surface area (Å²) < 4.78 is 0.